The molecular formula is C17H19FN6. The van der Waals surface area contributed by atoms with E-state index in [4.69, 9.17) is 16.7 Å². The van der Waals surface area contributed by atoms with Crippen molar-refractivity contribution in [2.75, 3.05) is 17.2 Å². The topological polar surface area (TPSA) is 105 Å². The first-order valence-corrected chi connectivity index (χ1v) is 7.84. The summed E-state index contributed by atoms with van der Waals surface area (Å²) in [6.07, 6.45) is 3.59. The minimum absolute atomic E-state index is 0.00399. The SMILES string of the molecule is CC1CCC(N)CN1c1cnc(N)nc1-c1ccc(C#N)c(F)c1. The number of nitriles is 1. The fourth-order valence-corrected chi connectivity index (χ4v) is 3.04. The molecule has 1 aromatic heterocycles. The maximum Gasteiger partial charge on any atom is 0.220 e. The van der Waals surface area contributed by atoms with Gasteiger partial charge in [0.2, 0.25) is 5.95 Å². The molecule has 24 heavy (non-hydrogen) atoms. The van der Waals surface area contributed by atoms with Crippen LogP contribution >= 0.6 is 0 Å². The van der Waals surface area contributed by atoms with Gasteiger partial charge in [-0.1, -0.05) is 6.07 Å². The predicted octanol–water partition coefficient (Wildman–Crippen LogP) is 2.05. The van der Waals surface area contributed by atoms with Crippen LogP contribution in [0.2, 0.25) is 0 Å². The van der Waals surface area contributed by atoms with Crippen LogP contribution in [0.4, 0.5) is 16.0 Å². The summed E-state index contributed by atoms with van der Waals surface area (Å²) in [5.41, 5.74) is 13.7. The highest BCUT2D eigenvalue weighted by Crippen LogP contribution is 2.33. The van der Waals surface area contributed by atoms with E-state index in [0.717, 1.165) is 18.5 Å². The molecule has 0 radical (unpaired) electrons. The molecule has 2 unspecified atom stereocenters. The van der Waals surface area contributed by atoms with Crippen molar-refractivity contribution < 1.29 is 4.39 Å². The lowest BCUT2D eigenvalue weighted by Crippen LogP contribution is -2.48. The number of halogens is 1. The van der Waals surface area contributed by atoms with Crippen LogP contribution in [0.5, 0.6) is 0 Å². The fraction of sp³-hybridized carbons (Fsp3) is 0.353. The lowest BCUT2D eigenvalue weighted by molar-refractivity contribution is 0.436. The van der Waals surface area contributed by atoms with Gasteiger partial charge in [-0.15, -0.1) is 0 Å². The molecule has 0 saturated carbocycles. The molecule has 1 fully saturated rings. The molecule has 7 heteroatoms. The third kappa shape index (κ3) is 3.01. The highest BCUT2D eigenvalue weighted by atomic mass is 19.1. The van der Waals surface area contributed by atoms with Gasteiger partial charge in [-0.3, -0.25) is 0 Å². The molecule has 2 atom stereocenters. The van der Waals surface area contributed by atoms with Crippen LogP contribution in [0.3, 0.4) is 0 Å². The van der Waals surface area contributed by atoms with E-state index in [9.17, 15) is 4.39 Å². The Balaban J connectivity index is 2.09. The molecule has 0 bridgehead atoms. The second kappa shape index (κ2) is 6.42. The summed E-state index contributed by atoms with van der Waals surface area (Å²) in [5, 5.41) is 8.89. The van der Waals surface area contributed by atoms with Gasteiger partial charge in [-0.2, -0.15) is 5.26 Å². The van der Waals surface area contributed by atoms with Crippen LogP contribution in [0.25, 0.3) is 11.3 Å². The zero-order valence-corrected chi connectivity index (χ0v) is 13.4. The number of hydrogen-bond donors (Lipinski definition) is 2. The molecule has 0 spiro atoms. The molecule has 0 aliphatic carbocycles. The summed E-state index contributed by atoms with van der Waals surface area (Å²) in [6, 6.07) is 6.58. The van der Waals surface area contributed by atoms with Gasteiger partial charge in [-0.05, 0) is 31.9 Å². The number of anilines is 2. The average Bonchev–Trinajstić information content (AvgIpc) is 2.57. The van der Waals surface area contributed by atoms with Crippen molar-refractivity contribution in [1.29, 1.82) is 5.26 Å². The van der Waals surface area contributed by atoms with E-state index < -0.39 is 5.82 Å². The molecule has 124 valence electrons. The van der Waals surface area contributed by atoms with Crippen LogP contribution in [0, 0.1) is 17.1 Å². The zero-order valence-electron chi connectivity index (χ0n) is 13.4. The van der Waals surface area contributed by atoms with Crippen LogP contribution in [-0.4, -0.2) is 28.6 Å². The van der Waals surface area contributed by atoms with E-state index in [-0.39, 0.29) is 23.6 Å². The summed E-state index contributed by atoms with van der Waals surface area (Å²) in [5.74, 6) is -0.464. The van der Waals surface area contributed by atoms with Crippen molar-refractivity contribution in [3.63, 3.8) is 0 Å². The first kappa shape index (κ1) is 16.1. The molecule has 1 saturated heterocycles. The van der Waals surface area contributed by atoms with Crippen LogP contribution < -0.4 is 16.4 Å². The van der Waals surface area contributed by atoms with Crippen molar-refractivity contribution in [3.8, 4) is 17.3 Å². The Bertz CT molecular complexity index is 800. The van der Waals surface area contributed by atoms with E-state index in [2.05, 4.69) is 21.8 Å². The molecule has 4 N–H and O–H groups in total. The zero-order chi connectivity index (χ0) is 17.3. The largest absolute Gasteiger partial charge is 0.368 e. The van der Waals surface area contributed by atoms with Crippen LogP contribution in [-0.2, 0) is 0 Å². The first-order chi connectivity index (χ1) is 11.5. The van der Waals surface area contributed by atoms with E-state index in [0.29, 0.717) is 17.8 Å². The lowest BCUT2D eigenvalue weighted by Gasteiger charge is -2.38. The summed E-state index contributed by atoms with van der Waals surface area (Å²) >= 11 is 0. The van der Waals surface area contributed by atoms with Crippen molar-refractivity contribution in [3.05, 3.63) is 35.8 Å². The van der Waals surface area contributed by atoms with Crippen LogP contribution in [0.1, 0.15) is 25.3 Å². The molecule has 1 aliphatic heterocycles. The minimum atomic E-state index is -0.582. The first-order valence-electron chi connectivity index (χ1n) is 7.84. The van der Waals surface area contributed by atoms with Gasteiger partial charge in [0.1, 0.15) is 11.9 Å². The Hall–Kier alpha value is -2.72. The van der Waals surface area contributed by atoms with E-state index in [1.807, 2.05) is 6.07 Å². The van der Waals surface area contributed by atoms with Gasteiger partial charge in [0.25, 0.3) is 0 Å². The normalized spacial score (nSPS) is 20.7. The smallest absolute Gasteiger partial charge is 0.220 e. The predicted molar refractivity (Wildman–Crippen MR) is 90.6 cm³/mol. The number of benzene rings is 1. The Labute approximate surface area is 139 Å². The number of piperidine rings is 1. The second-order valence-electron chi connectivity index (χ2n) is 6.11. The number of nitrogen functional groups attached to an aromatic ring is 1. The van der Waals surface area contributed by atoms with Gasteiger partial charge >= 0.3 is 0 Å². The number of nitrogens with zero attached hydrogens (tertiary/aromatic N) is 4. The Morgan fingerprint density at radius 2 is 2.17 bits per heavy atom. The molecule has 1 aromatic carbocycles. The standard InChI is InChI=1S/C17H19FN6/c1-10-2-5-13(20)9-24(10)15-8-22-17(21)23-16(15)11-3-4-12(7-19)14(18)6-11/h3-4,6,8,10,13H,2,5,9,20H2,1H3,(H2,21,22,23). The summed E-state index contributed by atoms with van der Waals surface area (Å²) in [7, 11) is 0. The molecule has 6 nitrogen and oxygen atoms in total. The van der Waals surface area contributed by atoms with Gasteiger partial charge < -0.3 is 16.4 Å². The minimum Gasteiger partial charge on any atom is -0.368 e. The van der Waals surface area contributed by atoms with Crippen molar-refractivity contribution >= 4 is 11.6 Å². The maximum atomic E-state index is 14.0. The number of nitrogens with two attached hydrogens (primary N) is 2. The molecule has 0 amide bonds. The number of hydrogen-bond acceptors (Lipinski definition) is 6. The van der Waals surface area contributed by atoms with Crippen LogP contribution in [0.15, 0.2) is 24.4 Å². The fourth-order valence-electron chi connectivity index (χ4n) is 3.04. The maximum absolute atomic E-state index is 14.0. The third-order valence-corrected chi connectivity index (χ3v) is 4.38. The summed E-state index contributed by atoms with van der Waals surface area (Å²) in [6.45, 7) is 2.80. The molecule has 1 aliphatic rings. The van der Waals surface area contributed by atoms with Gasteiger partial charge in [0.15, 0.2) is 0 Å². The van der Waals surface area contributed by atoms with Gasteiger partial charge in [-0.25, -0.2) is 14.4 Å². The second-order valence-corrected chi connectivity index (χ2v) is 6.11. The summed E-state index contributed by atoms with van der Waals surface area (Å²) < 4.78 is 14.0. The Morgan fingerprint density at radius 1 is 1.38 bits per heavy atom. The summed E-state index contributed by atoms with van der Waals surface area (Å²) in [4.78, 5) is 10.5. The van der Waals surface area contributed by atoms with E-state index >= 15 is 0 Å². The van der Waals surface area contributed by atoms with Crippen molar-refractivity contribution in [1.82, 2.24) is 9.97 Å². The highest BCUT2D eigenvalue weighted by Gasteiger charge is 2.26. The van der Waals surface area contributed by atoms with Crippen molar-refractivity contribution in [2.24, 2.45) is 5.73 Å². The molecule has 3 rings (SSSR count). The van der Waals surface area contributed by atoms with Gasteiger partial charge in [0, 0.05) is 24.2 Å². The number of rotatable bonds is 2. The third-order valence-electron chi connectivity index (χ3n) is 4.38. The average molecular weight is 326 g/mol. The highest BCUT2D eigenvalue weighted by molar-refractivity contribution is 5.76. The van der Waals surface area contributed by atoms with Crippen molar-refractivity contribution in [2.45, 2.75) is 31.8 Å². The molecule has 2 heterocycles. The molecular weight excluding hydrogens is 307 g/mol. The number of aromatic nitrogens is 2. The Morgan fingerprint density at radius 3 is 2.88 bits per heavy atom. The lowest BCUT2D eigenvalue weighted by atomic mass is 9.98. The van der Waals surface area contributed by atoms with Gasteiger partial charge in [0.05, 0.1) is 23.1 Å². The quantitative estimate of drug-likeness (QED) is 0.875. The van der Waals surface area contributed by atoms with E-state index in [1.165, 1.54) is 12.1 Å². The Kier molecular flexibility index (Phi) is 4.32. The van der Waals surface area contributed by atoms with E-state index in [1.54, 1.807) is 12.3 Å². The molecule has 2 aromatic rings. The monoisotopic (exact) mass is 326 g/mol.